The molecule has 0 spiro atoms. The first-order valence-corrected chi connectivity index (χ1v) is 11.7. The molecule has 1 N–H and O–H groups in total. The molecule has 36 heavy (non-hydrogen) atoms. The molecule has 8 heteroatoms. The molecule has 0 aliphatic carbocycles. The summed E-state index contributed by atoms with van der Waals surface area (Å²) < 4.78 is 25.2. The Bertz CT molecular complexity index is 1380. The molecule has 0 atom stereocenters. The van der Waals surface area contributed by atoms with E-state index in [4.69, 9.17) is 32.7 Å². The second-order valence-corrected chi connectivity index (χ2v) is 8.51. The predicted octanol–water partition coefficient (Wildman–Crippen LogP) is 7.05. The molecule has 4 rings (SSSR count). The summed E-state index contributed by atoms with van der Waals surface area (Å²) in [5.41, 5.74) is 4.81. The quantitative estimate of drug-likeness (QED) is 0.189. The van der Waals surface area contributed by atoms with Gasteiger partial charge in [0.05, 0.1) is 11.8 Å². The van der Waals surface area contributed by atoms with E-state index in [1.807, 2.05) is 0 Å². The molecule has 1 amide bonds. The molecule has 0 saturated carbocycles. The van der Waals surface area contributed by atoms with Crippen LogP contribution in [0.3, 0.4) is 0 Å². The molecule has 0 fully saturated rings. The van der Waals surface area contributed by atoms with Crippen molar-refractivity contribution >= 4 is 35.3 Å². The van der Waals surface area contributed by atoms with Gasteiger partial charge in [-0.1, -0.05) is 59.6 Å². The average Bonchev–Trinajstić information content (AvgIpc) is 2.88. The van der Waals surface area contributed by atoms with Gasteiger partial charge < -0.3 is 9.47 Å². The van der Waals surface area contributed by atoms with Gasteiger partial charge in [-0.05, 0) is 60.2 Å². The number of halogens is 3. The van der Waals surface area contributed by atoms with Gasteiger partial charge in [0, 0.05) is 21.2 Å². The highest BCUT2D eigenvalue weighted by molar-refractivity contribution is 6.35. The maximum Gasteiger partial charge on any atom is 0.275 e. The lowest BCUT2D eigenvalue weighted by Gasteiger charge is -2.11. The molecular weight excluding hydrogens is 502 g/mol. The van der Waals surface area contributed by atoms with Gasteiger partial charge in [-0.15, -0.1) is 0 Å². The molecule has 0 bridgehead atoms. The van der Waals surface area contributed by atoms with Crippen molar-refractivity contribution in [2.75, 3.05) is 0 Å². The molecule has 0 saturated heterocycles. The van der Waals surface area contributed by atoms with Gasteiger partial charge in [0.15, 0.2) is 0 Å². The molecule has 4 aromatic rings. The van der Waals surface area contributed by atoms with E-state index in [9.17, 15) is 9.18 Å². The fraction of sp³-hybridized carbons (Fsp3) is 0.0714. The van der Waals surface area contributed by atoms with Gasteiger partial charge in [0.1, 0.15) is 30.5 Å². The lowest BCUT2D eigenvalue weighted by atomic mass is 10.2. The van der Waals surface area contributed by atoms with Crippen LogP contribution in [0.2, 0.25) is 10.0 Å². The Kier molecular flexibility index (Phi) is 8.55. The Morgan fingerprint density at radius 3 is 2.36 bits per heavy atom. The van der Waals surface area contributed by atoms with E-state index >= 15 is 0 Å². The Morgan fingerprint density at radius 2 is 1.58 bits per heavy atom. The van der Waals surface area contributed by atoms with Crippen molar-refractivity contribution in [2.45, 2.75) is 13.2 Å². The summed E-state index contributed by atoms with van der Waals surface area (Å²) in [4.78, 5) is 12.7. The van der Waals surface area contributed by atoms with E-state index in [-0.39, 0.29) is 19.0 Å². The molecular formula is C28H21Cl2FN2O3. The first-order chi connectivity index (χ1) is 17.5. The van der Waals surface area contributed by atoms with E-state index < -0.39 is 5.91 Å². The number of ether oxygens (including phenoxy) is 2. The number of rotatable bonds is 9. The molecule has 0 aromatic heterocycles. The Morgan fingerprint density at radius 1 is 0.861 bits per heavy atom. The maximum atomic E-state index is 13.7. The van der Waals surface area contributed by atoms with Crippen LogP contribution in [0.1, 0.15) is 27.0 Å². The number of para-hydroxylation sites is 1. The van der Waals surface area contributed by atoms with Crippen LogP contribution in [0, 0.1) is 5.82 Å². The van der Waals surface area contributed by atoms with Crippen molar-refractivity contribution in [3.63, 3.8) is 0 Å². The third-order valence-corrected chi connectivity index (χ3v) is 5.73. The summed E-state index contributed by atoms with van der Waals surface area (Å²) >= 11 is 12.1. The van der Waals surface area contributed by atoms with Crippen LogP contribution in [0.5, 0.6) is 11.5 Å². The van der Waals surface area contributed by atoms with Crippen molar-refractivity contribution in [3.05, 3.63) is 129 Å². The molecule has 0 aliphatic rings. The third-order valence-electron chi connectivity index (χ3n) is 5.14. The SMILES string of the molecule is O=C(N/N=C/c1ccc(OCc2ccccc2F)cc1)c1ccccc1OCc1ccc(Cl)cc1Cl. The minimum atomic E-state index is -0.422. The van der Waals surface area contributed by atoms with Crippen molar-refractivity contribution in [1.82, 2.24) is 5.43 Å². The van der Waals surface area contributed by atoms with Crippen molar-refractivity contribution in [3.8, 4) is 11.5 Å². The summed E-state index contributed by atoms with van der Waals surface area (Å²) in [6, 6.07) is 25.5. The fourth-order valence-corrected chi connectivity index (χ4v) is 3.69. The standard InChI is InChI=1S/C28H21Cl2FN2O3/c29-22-12-11-20(25(30)15-22)17-36-27-8-4-2-6-24(27)28(34)33-32-16-19-9-13-23(14-10-19)35-18-21-5-1-3-7-26(21)31/h1-16H,17-18H2,(H,33,34)/b32-16+. The maximum absolute atomic E-state index is 13.7. The Balaban J connectivity index is 1.32. The van der Waals surface area contributed by atoms with Gasteiger partial charge in [0.2, 0.25) is 0 Å². The van der Waals surface area contributed by atoms with Crippen molar-refractivity contribution in [2.24, 2.45) is 5.10 Å². The number of benzene rings is 4. The van der Waals surface area contributed by atoms with E-state index in [0.717, 1.165) is 11.1 Å². The first kappa shape index (κ1) is 25.2. The molecule has 182 valence electrons. The summed E-state index contributed by atoms with van der Waals surface area (Å²) in [5, 5.41) is 5.05. The van der Waals surface area contributed by atoms with Gasteiger partial charge >= 0.3 is 0 Å². The van der Waals surface area contributed by atoms with E-state index in [1.165, 1.54) is 12.3 Å². The van der Waals surface area contributed by atoms with Gasteiger partial charge in [0.25, 0.3) is 5.91 Å². The van der Waals surface area contributed by atoms with Crippen LogP contribution in [-0.2, 0) is 13.2 Å². The number of nitrogens with zero attached hydrogens (tertiary/aromatic N) is 1. The Labute approximate surface area is 218 Å². The lowest BCUT2D eigenvalue weighted by Crippen LogP contribution is -2.18. The summed E-state index contributed by atoms with van der Waals surface area (Å²) in [7, 11) is 0. The smallest absolute Gasteiger partial charge is 0.275 e. The van der Waals surface area contributed by atoms with Crippen molar-refractivity contribution < 1.29 is 18.7 Å². The van der Waals surface area contributed by atoms with Crippen LogP contribution >= 0.6 is 23.2 Å². The summed E-state index contributed by atoms with van der Waals surface area (Å²) in [5.74, 6) is 0.255. The highest BCUT2D eigenvalue weighted by Gasteiger charge is 2.12. The molecule has 0 aliphatic heterocycles. The van der Waals surface area contributed by atoms with Crippen molar-refractivity contribution in [1.29, 1.82) is 0 Å². The van der Waals surface area contributed by atoms with E-state index in [0.29, 0.717) is 32.7 Å². The minimum absolute atomic E-state index is 0.127. The van der Waals surface area contributed by atoms with Crippen LogP contribution in [0.15, 0.2) is 96.1 Å². The van der Waals surface area contributed by atoms with Crippen LogP contribution in [0.4, 0.5) is 4.39 Å². The minimum Gasteiger partial charge on any atom is -0.489 e. The molecule has 4 aromatic carbocycles. The number of hydrogen-bond donors (Lipinski definition) is 1. The van der Waals surface area contributed by atoms with E-state index in [2.05, 4.69) is 10.5 Å². The summed E-state index contributed by atoms with van der Waals surface area (Å²) in [6.07, 6.45) is 1.51. The lowest BCUT2D eigenvalue weighted by molar-refractivity contribution is 0.0950. The van der Waals surface area contributed by atoms with Gasteiger partial charge in [-0.25, -0.2) is 9.82 Å². The zero-order valence-electron chi connectivity index (χ0n) is 19.0. The first-order valence-electron chi connectivity index (χ1n) is 10.9. The number of amides is 1. The number of carbonyl (C=O) groups excluding carboxylic acids is 1. The predicted molar refractivity (Wildman–Crippen MR) is 139 cm³/mol. The molecule has 5 nitrogen and oxygen atoms in total. The molecule has 0 radical (unpaired) electrons. The van der Waals surface area contributed by atoms with Gasteiger partial charge in [-0.3, -0.25) is 4.79 Å². The monoisotopic (exact) mass is 522 g/mol. The second kappa shape index (κ2) is 12.2. The zero-order valence-corrected chi connectivity index (χ0v) is 20.5. The highest BCUT2D eigenvalue weighted by atomic mass is 35.5. The largest absolute Gasteiger partial charge is 0.489 e. The zero-order chi connectivity index (χ0) is 25.3. The van der Waals surface area contributed by atoms with Crippen LogP contribution in [0.25, 0.3) is 0 Å². The fourth-order valence-electron chi connectivity index (χ4n) is 3.23. The van der Waals surface area contributed by atoms with E-state index in [1.54, 1.807) is 84.9 Å². The number of nitrogens with one attached hydrogen (secondary N) is 1. The van der Waals surface area contributed by atoms with Crippen LogP contribution in [-0.4, -0.2) is 12.1 Å². The highest BCUT2D eigenvalue weighted by Crippen LogP contribution is 2.24. The summed E-state index contributed by atoms with van der Waals surface area (Å²) in [6.45, 7) is 0.302. The number of hydrogen-bond acceptors (Lipinski definition) is 4. The Hall–Kier alpha value is -3.87. The van der Waals surface area contributed by atoms with Gasteiger partial charge in [-0.2, -0.15) is 5.10 Å². The number of hydrazone groups is 1. The third kappa shape index (κ3) is 6.84. The van der Waals surface area contributed by atoms with Crippen LogP contribution < -0.4 is 14.9 Å². The molecule has 0 unspecified atom stereocenters. The normalized spacial score (nSPS) is 10.9. The second-order valence-electron chi connectivity index (χ2n) is 7.67. The average molecular weight is 523 g/mol. The topological polar surface area (TPSA) is 59.9 Å². The number of carbonyl (C=O) groups is 1. The molecule has 0 heterocycles.